The van der Waals surface area contributed by atoms with E-state index in [-0.39, 0.29) is 11.9 Å². The largest absolute Gasteiger partial charge is 0.324 e. The van der Waals surface area contributed by atoms with Crippen LogP contribution in [0.5, 0.6) is 0 Å². The maximum absolute atomic E-state index is 13.0. The summed E-state index contributed by atoms with van der Waals surface area (Å²) in [7, 11) is 0. The van der Waals surface area contributed by atoms with Crippen LogP contribution >= 0.6 is 0 Å². The summed E-state index contributed by atoms with van der Waals surface area (Å²) in [5.41, 5.74) is 8.30. The van der Waals surface area contributed by atoms with Crippen LogP contribution in [0.1, 0.15) is 36.9 Å². The second kappa shape index (κ2) is 3.70. The molecule has 2 rings (SSSR count). The van der Waals surface area contributed by atoms with Gasteiger partial charge >= 0.3 is 0 Å². The van der Waals surface area contributed by atoms with Crippen molar-refractivity contribution in [2.45, 2.75) is 32.2 Å². The minimum atomic E-state index is -0.159. The zero-order valence-electron chi connectivity index (χ0n) is 8.46. The Hall–Kier alpha value is -0.890. The fraction of sp³-hybridized carbons (Fsp3) is 0.500. The van der Waals surface area contributed by atoms with Crippen molar-refractivity contribution in [1.82, 2.24) is 0 Å². The topological polar surface area (TPSA) is 26.0 Å². The van der Waals surface area contributed by atoms with Gasteiger partial charge < -0.3 is 5.73 Å². The van der Waals surface area contributed by atoms with Crippen LogP contribution < -0.4 is 5.73 Å². The fourth-order valence-corrected chi connectivity index (χ4v) is 1.91. The van der Waals surface area contributed by atoms with Gasteiger partial charge in [0.15, 0.2) is 0 Å². The molecule has 1 saturated carbocycles. The highest BCUT2D eigenvalue weighted by Crippen LogP contribution is 2.40. The predicted octanol–water partition coefficient (Wildman–Crippen LogP) is 2.80. The molecule has 1 aromatic rings. The molecule has 0 spiro atoms. The van der Waals surface area contributed by atoms with Gasteiger partial charge in [-0.25, -0.2) is 4.39 Å². The molecule has 0 bridgehead atoms. The second-order valence-electron chi connectivity index (χ2n) is 4.06. The summed E-state index contributed by atoms with van der Waals surface area (Å²) in [6, 6.07) is 5.08. The van der Waals surface area contributed by atoms with E-state index in [1.54, 1.807) is 6.07 Å². The summed E-state index contributed by atoms with van der Waals surface area (Å²) in [6.07, 6.45) is 3.30. The van der Waals surface area contributed by atoms with Crippen molar-refractivity contribution in [3.05, 3.63) is 35.1 Å². The van der Waals surface area contributed by atoms with Crippen molar-refractivity contribution in [1.29, 1.82) is 0 Å². The fourth-order valence-electron chi connectivity index (χ4n) is 1.91. The lowest BCUT2D eigenvalue weighted by Gasteiger charge is -2.15. The number of halogens is 1. The standard InChI is InChI=1S/C12H16FN/c1-2-8-7-10(13)5-6-11(8)12(14)9-3-4-9/h5-7,9,12H,2-4,14H2,1H3/t12-/m0/s1. The lowest BCUT2D eigenvalue weighted by atomic mass is 9.96. The van der Waals surface area contributed by atoms with Crippen LogP contribution in [0.15, 0.2) is 18.2 Å². The molecule has 0 saturated heterocycles. The van der Waals surface area contributed by atoms with Crippen LogP contribution in [-0.2, 0) is 6.42 Å². The Kier molecular flexibility index (Phi) is 2.55. The Balaban J connectivity index is 2.30. The second-order valence-corrected chi connectivity index (χ2v) is 4.06. The number of hydrogen-bond acceptors (Lipinski definition) is 1. The highest BCUT2D eigenvalue weighted by molar-refractivity contribution is 5.31. The van der Waals surface area contributed by atoms with Gasteiger partial charge in [-0.1, -0.05) is 13.0 Å². The van der Waals surface area contributed by atoms with Crippen molar-refractivity contribution >= 4 is 0 Å². The number of nitrogens with two attached hydrogens (primary N) is 1. The molecule has 76 valence electrons. The normalized spacial score (nSPS) is 18.2. The molecule has 0 radical (unpaired) electrons. The predicted molar refractivity (Wildman–Crippen MR) is 55.4 cm³/mol. The summed E-state index contributed by atoms with van der Waals surface area (Å²) in [6.45, 7) is 2.04. The van der Waals surface area contributed by atoms with E-state index in [9.17, 15) is 4.39 Å². The van der Waals surface area contributed by atoms with E-state index < -0.39 is 0 Å². The van der Waals surface area contributed by atoms with Crippen molar-refractivity contribution in [3.8, 4) is 0 Å². The van der Waals surface area contributed by atoms with Crippen molar-refractivity contribution < 1.29 is 4.39 Å². The van der Waals surface area contributed by atoms with Gasteiger partial charge in [0.1, 0.15) is 5.82 Å². The molecule has 1 aliphatic carbocycles. The molecule has 0 unspecified atom stereocenters. The molecule has 1 atom stereocenters. The van der Waals surface area contributed by atoms with Crippen LogP contribution in [0.3, 0.4) is 0 Å². The zero-order valence-corrected chi connectivity index (χ0v) is 8.46. The maximum atomic E-state index is 13.0. The Morgan fingerprint density at radius 1 is 1.50 bits per heavy atom. The van der Waals surface area contributed by atoms with E-state index >= 15 is 0 Å². The molecular formula is C12H16FN. The van der Waals surface area contributed by atoms with Gasteiger partial charge in [0.2, 0.25) is 0 Å². The summed E-state index contributed by atoms with van der Waals surface area (Å²) in [4.78, 5) is 0. The summed E-state index contributed by atoms with van der Waals surface area (Å²) < 4.78 is 13.0. The number of benzene rings is 1. The Bertz CT molecular complexity index is 331. The molecule has 2 heteroatoms. The van der Waals surface area contributed by atoms with Crippen molar-refractivity contribution in [2.24, 2.45) is 11.7 Å². The SMILES string of the molecule is CCc1cc(F)ccc1[C@@H](N)C1CC1. The van der Waals surface area contributed by atoms with Crippen LogP contribution in [0, 0.1) is 11.7 Å². The third kappa shape index (κ3) is 1.80. The molecule has 1 aliphatic rings. The summed E-state index contributed by atoms with van der Waals surface area (Å²) >= 11 is 0. The molecular weight excluding hydrogens is 177 g/mol. The minimum absolute atomic E-state index is 0.116. The highest BCUT2D eigenvalue weighted by Gasteiger charge is 2.30. The average molecular weight is 193 g/mol. The molecule has 0 aromatic heterocycles. The molecule has 1 aromatic carbocycles. The third-order valence-corrected chi connectivity index (χ3v) is 2.97. The van der Waals surface area contributed by atoms with Gasteiger partial charge in [-0.2, -0.15) is 0 Å². The van der Waals surface area contributed by atoms with Crippen molar-refractivity contribution in [3.63, 3.8) is 0 Å². The average Bonchev–Trinajstić information content (AvgIpc) is 3.00. The maximum Gasteiger partial charge on any atom is 0.123 e. The first-order chi connectivity index (χ1) is 6.72. The summed E-state index contributed by atoms with van der Waals surface area (Å²) in [5.74, 6) is 0.472. The lowest BCUT2D eigenvalue weighted by molar-refractivity contribution is 0.606. The quantitative estimate of drug-likeness (QED) is 0.784. The molecule has 2 N–H and O–H groups in total. The first kappa shape index (κ1) is 9.66. The Morgan fingerprint density at radius 3 is 2.79 bits per heavy atom. The third-order valence-electron chi connectivity index (χ3n) is 2.97. The molecule has 14 heavy (non-hydrogen) atoms. The van der Waals surface area contributed by atoms with Gasteiger partial charge in [0, 0.05) is 6.04 Å². The first-order valence-corrected chi connectivity index (χ1v) is 5.26. The van der Waals surface area contributed by atoms with Crippen LogP contribution in [0.2, 0.25) is 0 Å². The van der Waals surface area contributed by atoms with Crippen LogP contribution in [0.25, 0.3) is 0 Å². The Labute approximate surface area is 84.1 Å². The number of hydrogen-bond donors (Lipinski definition) is 1. The smallest absolute Gasteiger partial charge is 0.123 e. The first-order valence-electron chi connectivity index (χ1n) is 5.26. The molecule has 1 fully saturated rings. The van der Waals surface area contributed by atoms with E-state index in [0.717, 1.165) is 17.5 Å². The minimum Gasteiger partial charge on any atom is -0.324 e. The van der Waals surface area contributed by atoms with Crippen LogP contribution in [0.4, 0.5) is 4.39 Å². The van der Waals surface area contributed by atoms with E-state index in [1.165, 1.54) is 18.9 Å². The van der Waals surface area contributed by atoms with Crippen LogP contribution in [-0.4, -0.2) is 0 Å². The molecule has 0 amide bonds. The van der Waals surface area contributed by atoms with E-state index in [4.69, 9.17) is 5.73 Å². The summed E-state index contributed by atoms with van der Waals surface area (Å²) in [5, 5.41) is 0. The molecule has 0 aliphatic heterocycles. The van der Waals surface area contributed by atoms with E-state index in [2.05, 4.69) is 0 Å². The highest BCUT2D eigenvalue weighted by atomic mass is 19.1. The van der Waals surface area contributed by atoms with E-state index in [0.29, 0.717) is 5.92 Å². The zero-order chi connectivity index (χ0) is 10.1. The van der Waals surface area contributed by atoms with Gasteiger partial charge in [-0.15, -0.1) is 0 Å². The number of rotatable bonds is 3. The monoisotopic (exact) mass is 193 g/mol. The van der Waals surface area contributed by atoms with Gasteiger partial charge in [0.25, 0.3) is 0 Å². The van der Waals surface area contributed by atoms with Gasteiger partial charge in [0.05, 0.1) is 0 Å². The van der Waals surface area contributed by atoms with E-state index in [1.807, 2.05) is 13.0 Å². The Morgan fingerprint density at radius 2 is 2.21 bits per heavy atom. The van der Waals surface area contributed by atoms with Gasteiger partial charge in [-0.05, 0) is 48.4 Å². The molecule has 1 nitrogen and oxygen atoms in total. The lowest BCUT2D eigenvalue weighted by Crippen LogP contribution is -2.14. The van der Waals surface area contributed by atoms with Gasteiger partial charge in [-0.3, -0.25) is 0 Å². The number of aryl methyl sites for hydroxylation is 1. The van der Waals surface area contributed by atoms with Crippen molar-refractivity contribution in [2.75, 3.05) is 0 Å². The molecule has 0 heterocycles.